The highest BCUT2D eigenvalue weighted by molar-refractivity contribution is 5.95. The minimum absolute atomic E-state index is 0.0551. The summed E-state index contributed by atoms with van der Waals surface area (Å²) in [5.41, 5.74) is 1.45. The number of nitrogens with zero attached hydrogens (tertiary/aromatic N) is 3. The van der Waals surface area contributed by atoms with Crippen molar-refractivity contribution in [1.82, 2.24) is 9.80 Å². The van der Waals surface area contributed by atoms with Crippen LogP contribution in [0.25, 0.3) is 0 Å². The summed E-state index contributed by atoms with van der Waals surface area (Å²) in [6, 6.07) is 14.7. The number of carbonyl (C=O) groups is 1. The Bertz CT molecular complexity index is 901. The van der Waals surface area contributed by atoms with Gasteiger partial charge in [0.1, 0.15) is 11.8 Å². The first-order chi connectivity index (χ1) is 14.1. The van der Waals surface area contributed by atoms with Gasteiger partial charge >= 0.3 is 0 Å². The van der Waals surface area contributed by atoms with Crippen LogP contribution >= 0.6 is 0 Å². The third kappa shape index (κ3) is 4.44. The number of amides is 1. The maximum absolute atomic E-state index is 12.9. The number of benzene rings is 2. The molecule has 1 atom stereocenters. The van der Waals surface area contributed by atoms with Crippen LogP contribution in [-0.4, -0.2) is 63.2 Å². The molecule has 152 valence electrons. The van der Waals surface area contributed by atoms with Crippen LogP contribution in [0, 0.1) is 11.3 Å². The molecule has 1 fully saturated rings. The lowest BCUT2D eigenvalue weighted by Gasteiger charge is -2.37. The lowest BCUT2D eigenvalue weighted by molar-refractivity contribution is 0.0606. The quantitative estimate of drug-likeness (QED) is 0.749. The molecule has 0 saturated carbocycles. The second-order valence-electron chi connectivity index (χ2n) is 6.71. The minimum Gasteiger partial charge on any atom is -0.497 e. The molecule has 0 aliphatic carbocycles. The Hall–Kier alpha value is -3.24. The highest BCUT2D eigenvalue weighted by Gasteiger charge is 2.28. The van der Waals surface area contributed by atoms with Crippen molar-refractivity contribution >= 4 is 5.91 Å². The Morgan fingerprint density at radius 3 is 2.31 bits per heavy atom. The van der Waals surface area contributed by atoms with Crippen LogP contribution < -0.4 is 14.2 Å². The fraction of sp³-hybridized carbons (Fsp3) is 0.364. The van der Waals surface area contributed by atoms with Gasteiger partial charge in [-0.3, -0.25) is 9.69 Å². The van der Waals surface area contributed by atoms with E-state index in [4.69, 9.17) is 14.2 Å². The van der Waals surface area contributed by atoms with Crippen molar-refractivity contribution in [1.29, 1.82) is 5.26 Å². The number of ether oxygens (including phenoxy) is 3. The van der Waals surface area contributed by atoms with Crippen LogP contribution in [0.5, 0.6) is 17.2 Å². The molecular formula is C22H25N3O4. The molecule has 1 aliphatic rings. The number of nitriles is 1. The molecule has 7 nitrogen and oxygen atoms in total. The summed E-state index contributed by atoms with van der Waals surface area (Å²) in [7, 11) is 4.72. The number of rotatable bonds is 6. The molecule has 0 radical (unpaired) electrons. The molecule has 1 unspecified atom stereocenters. The van der Waals surface area contributed by atoms with E-state index >= 15 is 0 Å². The van der Waals surface area contributed by atoms with Crippen LogP contribution in [0.2, 0.25) is 0 Å². The molecule has 1 amide bonds. The fourth-order valence-corrected chi connectivity index (χ4v) is 3.51. The molecule has 1 saturated heterocycles. The zero-order valence-electron chi connectivity index (χ0n) is 16.9. The average Bonchev–Trinajstić information content (AvgIpc) is 2.79. The Morgan fingerprint density at radius 1 is 0.966 bits per heavy atom. The van der Waals surface area contributed by atoms with Crippen molar-refractivity contribution in [2.24, 2.45) is 0 Å². The van der Waals surface area contributed by atoms with Gasteiger partial charge in [-0.15, -0.1) is 0 Å². The summed E-state index contributed by atoms with van der Waals surface area (Å²) in [6.45, 7) is 2.34. The maximum atomic E-state index is 12.9. The summed E-state index contributed by atoms with van der Waals surface area (Å²) in [6.07, 6.45) is 0. The summed E-state index contributed by atoms with van der Waals surface area (Å²) in [5.74, 6) is 1.79. The zero-order valence-corrected chi connectivity index (χ0v) is 16.9. The van der Waals surface area contributed by atoms with Crippen LogP contribution in [0.4, 0.5) is 0 Å². The van der Waals surface area contributed by atoms with Crippen molar-refractivity contribution in [3.8, 4) is 23.3 Å². The van der Waals surface area contributed by atoms with Gasteiger partial charge in [0.15, 0.2) is 11.5 Å². The predicted molar refractivity (Wildman–Crippen MR) is 108 cm³/mol. The molecular weight excluding hydrogens is 370 g/mol. The second kappa shape index (κ2) is 9.30. The second-order valence-corrected chi connectivity index (χ2v) is 6.71. The first-order valence-electron chi connectivity index (χ1n) is 9.40. The molecule has 2 aromatic rings. The third-order valence-electron chi connectivity index (χ3n) is 5.13. The average molecular weight is 395 g/mol. The summed E-state index contributed by atoms with van der Waals surface area (Å²) in [4.78, 5) is 16.8. The van der Waals surface area contributed by atoms with Gasteiger partial charge in [0.2, 0.25) is 0 Å². The van der Waals surface area contributed by atoms with E-state index in [1.54, 1.807) is 44.4 Å². The van der Waals surface area contributed by atoms with E-state index in [1.165, 1.54) is 0 Å². The van der Waals surface area contributed by atoms with E-state index in [-0.39, 0.29) is 11.9 Å². The number of carbonyl (C=O) groups excluding carboxylic acids is 1. The molecule has 3 rings (SSSR count). The first kappa shape index (κ1) is 20.5. The Balaban J connectivity index is 1.68. The van der Waals surface area contributed by atoms with E-state index in [0.717, 1.165) is 11.3 Å². The fourth-order valence-electron chi connectivity index (χ4n) is 3.51. The molecule has 29 heavy (non-hydrogen) atoms. The highest BCUT2D eigenvalue weighted by atomic mass is 16.5. The highest BCUT2D eigenvalue weighted by Crippen LogP contribution is 2.29. The topological polar surface area (TPSA) is 75.0 Å². The van der Waals surface area contributed by atoms with Gasteiger partial charge in [0.25, 0.3) is 5.91 Å². The molecule has 0 N–H and O–H groups in total. The summed E-state index contributed by atoms with van der Waals surface area (Å²) < 4.78 is 15.8. The normalized spacial score (nSPS) is 15.3. The SMILES string of the molecule is COc1cccc(C(C#N)N2CCN(C(=O)c3ccc(OC)c(OC)c3)CC2)c1. The third-order valence-corrected chi connectivity index (χ3v) is 5.13. The van der Waals surface area contributed by atoms with Gasteiger partial charge < -0.3 is 19.1 Å². The van der Waals surface area contributed by atoms with Crippen molar-refractivity contribution in [3.05, 3.63) is 53.6 Å². The van der Waals surface area contributed by atoms with Gasteiger partial charge in [-0.1, -0.05) is 12.1 Å². The van der Waals surface area contributed by atoms with Gasteiger partial charge in [0.05, 0.1) is 27.4 Å². The number of methoxy groups -OCH3 is 3. The van der Waals surface area contributed by atoms with E-state index in [2.05, 4.69) is 11.0 Å². The Morgan fingerprint density at radius 2 is 1.69 bits per heavy atom. The predicted octanol–water partition coefficient (Wildman–Crippen LogP) is 2.74. The standard InChI is InChI=1S/C22H25N3O4/c1-27-18-6-4-5-16(13-18)19(15-23)24-9-11-25(12-10-24)22(26)17-7-8-20(28-2)21(14-17)29-3/h4-8,13-14,19H,9-12H2,1-3H3. The zero-order chi connectivity index (χ0) is 20.8. The molecule has 0 spiro atoms. The van der Waals surface area contributed by atoms with E-state index < -0.39 is 0 Å². The van der Waals surface area contributed by atoms with Crippen LogP contribution in [0.15, 0.2) is 42.5 Å². The summed E-state index contributed by atoms with van der Waals surface area (Å²) in [5, 5.41) is 9.72. The largest absolute Gasteiger partial charge is 0.497 e. The summed E-state index contributed by atoms with van der Waals surface area (Å²) >= 11 is 0. The van der Waals surface area contributed by atoms with E-state index in [1.807, 2.05) is 24.3 Å². The molecule has 0 aromatic heterocycles. The van der Waals surface area contributed by atoms with Crippen LogP contribution in [-0.2, 0) is 0 Å². The molecule has 1 aliphatic heterocycles. The van der Waals surface area contributed by atoms with Crippen molar-refractivity contribution in [3.63, 3.8) is 0 Å². The molecule has 1 heterocycles. The monoisotopic (exact) mass is 395 g/mol. The first-order valence-corrected chi connectivity index (χ1v) is 9.40. The molecule has 2 aromatic carbocycles. The number of hydrogen-bond donors (Lipinski definition) is 0. The van der Waals surface area contributed by atoms with Crippen molar-refractivity contribution in [2.75, 3.05) is 47.5 Å². The maximum Gasteiger partial charge on any atom is 0.254 e. The van der Waals surface area contributed by atoms with Gasteiger partial charge in [-0.05, 0) is 35.9 Å². The van der Waals surface area contributed by atoms with Crippen molar-refractivity contribution < 1.29 is 19.0 Å². The van der Waals surface area contributed by atoms with Crippen LogP contribution in [0.1, 0.15) is 22.0 Å². The van der Waals surface area contributed by atoms with Crippen molar-refractivity contribution in [2.45, 2.75) is 6.04 Å². The molecule has 7 heteroatoms. The lowest BCUT2D eigenvalue weighted by Crippen LogP contribution is -2.49. The number of piperazine rings is 1. The van der Waals surface area contributed by atoms with E-state index in [9.17, 15) is 10.1 Å². The number of hydrogen-bond acceptors (Lipinski definition) is 6. The molecule has 0 bridgehead atoms. The smallest absolute Gasteiger partial charge is 0.254 e. The Labute approximate surface area is 171 Å². The van der Waals surface area contributed by atoms with Crippen LogP contribution in [0.3, 0.4) is 0 Å². The van der Waals surface area contributed by atoms with Gasteiger partial charge in [-0.25, -0.2) is 0 Å². The van der Waals surface area contributed by atoms with Gasteiger partial charge in [-0.2, -0.15) is 5.26 Å². The van der Waals surface area contributed by atoms with E-state index in [0.29, 0.717) is 43.2 Å². The Kier molecular flexibility index (Phi) is 6.57. The lowest BCUT2D eigenvalue weighted by atomic mass is 10.0. The minimum atomic E-state index is -0.372. The van der Waals surface area contributed by atoms with Gasteiger partial charge in [0, 0.05) is 31.7 Å².